The molecular weight excluding hydrogens is 204 g/mol. The van der Waals surface area contributed by atoms with Crippen molar-refractivity contribution in [2.45, 2.75) is 45.7 Å². The van der Waals surface area contributed by atoms with Gasteiger partial charge in [-0.05, 0) is 25.7 Å². The van der Waals surface area contributed by atoms with Gasteiger partial charge in [0.2, 0.25) is 5.91 Å². The molecule has 16 heavy (non-hydrogen) atoms. The summed E-state index contributed by atoms with van der Waals surface area (Å²) in [5.74, 6) is 0.459. The van der Waals surface area contributed by atoms with E-state index in [0.717, 1.165) is 25.9 Å². The fourth-order valence-electron chi connectivity index (χ4n) is 2.06. The molecule has 1 saturated heterocycles. The van der Waals surface area contributed by atoms with E-state index in [9.17, 15) is 4.79 Å². The molecule has 1 aliphatic heterocycles. The number of aliphatic hydroxyl groups is 1. The first-order valence-corrected chi connectivity index (χ1v) is 6.17. The van der Waals surface area contributed by atoms with E-state index in [0.29, 0.717) is 12.1 Å². The van der Waals surface area contributed by atoms with Crippen molar-refractivity contribution in [1.29, 1.82) is 0 Å². The van der Waals surface area contributed by atoms with Gasteiger partial charge in [0.15, 0.2) is 0 Å². The summed E-state index contributed by atoms with van der Waals surface area (Å²) in [5, 5.41) is 12.6. The molecule has 94 valence electrons. The predicted molar refractivity (Wildman–Crippen MR) is 64.1 cm³/mol. The van der Waals surface area contributed by atoms with Crippen molar-refractivity contribution in [2.24, 2.45) is 5.92 Å². The molecule has 0 aromatic heterocycles. The number of hydrogen-bond acceptors (Lipinski definition) is 3. The Morgan fingerprint density at radius 3 is 2.44 bits per heavy atom. The molecule has 1 aliphatic rings. The van der Waals surface area contributed by atoms with Gasteiger partial charge in [-0.3, -0.25) is 4.79 Å². The van der Waals surface area contributed by atoms with Gasteiger partial charge in [-0.1, -0.05) is 6.92 Å². The summed E-state index contributed by atoms with van der Waals surface area (Å²) in [5.41, 5.74) is 0. The van der Waals surface area contributed by atoms with Crippen LogP contribution in [0.5, 0.6) is 0 Å². The maximum absolute atomic E-state index is 11.2. The van der Waals surface area contributed by atoms with Crippen LogP contribution in [-0.4, -0.2) is 47.7 Å². The first kappa shape index (κ1) is 13.5. The number of carbonyl (C=O) groups excluding carboxylic acids is 1. The number of aliphatic hydroxyl groups excluding tert-OH is 1. The van der Waals surface area contributed by atoms with Crippen LogP contribution in [0.15, 0.2) is 0 Å². The van der Waals surface area contributed by atoms with Crippen molar-refractivity contribution in [3.63, 3.8) is 0 Å². The molecule has 0 saturated carbocycles. The third-order valence-corrected chi connectivity index (χ3v) is 3.58. The van der Waals surface area contributed by atoms with Crippen molar-refractivity contribution in [2.75, 3.05) is 19.7 Å². The molecular formula is C12H24N2O2. The lowest BCUT2D eigenvalue weighted by atomic mass is 9.99. The van der Waals surface area contributed by atoms with Crippen LogP contribution in [0.4, 0.5) is 0 Å². The quantitative estimate of drug-likeness (QED) is 0.741. The molecule has 1 fully saturated rings. The number of likely N-dealkylation sites (tertiary alicyclic amines) is 1. The number of piperidine rings is 1. The zero-order chi connectivity index (χ0) is 12.1. The molecule has 0 spiro atoms. The van der Waals surface area contributed by atoms with E-state index in [1.54, 1.807) is 6.92 Å². The molecule has 2 atom stereocenters. The molecule has 4 nitrogen and oxygen atoms in total. The molecule has 1 amide bonds. The van der Waals surface area contributed by atoms with E-state index in [2.05, 4.69) is 12.2 Å². The third kappa shape index (κ3) is 3.76. The van der Waals surface area contributed by atoms with Gasteiger partial charge in [0, 0.05) is 38.7 Å². The van der Waals surface area contributed by atoms with Gasteiger partial charge in [-0.15, -0.1) is 0 Å². The van der Waals surface area contributed by atoms with E-state index < -0.39 is 0 Å². The monoisotopic (exact) mass is 228 g/mol. The first-order valence-electron chi connectivity index (χ1n) is 6.17. The smallest absolute Gasteiger partial charge is 0.219 e. The summed E-state index contributed by atoms with van der Waals surface area (Å²) >= 11 is 0. The van der Waals surface area contributed by atoms with Gasteiger partial charge in [0.1, 0.15) is 0 Å². The van der Waals surface area contributed by atoms with Crippen LogP contribution in [0.3, 0.4) is 0 Å². The maximum atomic E-state index is 11.2. The number of amides is 1. The second-order valence-electron chi connectivity index (χ2n) is 4.90. The van der Waals surface area contributed by atoms with Gasteiger partial charge >= 0.3 is 0 Å². The average Bonchev–Trinajstić information content (AvgIpc) is 2.28. The van der Waals surface area contributed by atoms with Crippen LogP contribution in [0.25, 0.3) is 0 Å². The van der Waals surface area contributed by atoms with Gasteiger partial charge in [0.25, 0.3) is 0 Å². The van der Waals surface area contributed by atoms with Crippen molar-refractivity contribution < 1.29 is 9.90 Å². The molecule has 0 aromatic rings. The minimum Gasteiger partial charge on any atom is -0.396 e. The van der Waals surface area contributed by atoms with E-state index in [-0.39, 0.29) is 18.4 Å². The molecule has 0 aromatic carbocycles. The molecule has 0 bridgehead atoms. The Bertz CT molecular complexity index is 225. The number of rotatable bonds is 4. The van der Waals surface area contributed by atoms with Gasteiger partial charge in [-0.2, -0.15) is 0 Å². The second-order valence-corrected chi connectivity index (χ2v) is 4.90. The number of carbonyl (C=O) groups is 1. The number of nitrogens with zero attached hydrogens (tertiary/aromatic N) is 1. The molecule has 1 rings (SSSR count). The third-order valence-electron chi connectivity index (χ3n) is 3.58. The summed E-state index contributed by atoms with van der Waals surface area (Å²) < 4.78 is 0. The number of hydrogen-bond donors (Lipinski definition) is 2. The lowest BCUT2D eigenvalue weighted by molar-refractivity contribution is -0.129. The lowest BCUT2D eigenvalue weighted by Gasteiger charge is -2.34. The van der Waals surface area contributed by atoms with Gasteiger partial charge in [0.05, 0.1) is 0 Å². The van der Waals surface area contributed by atoms with E-state index in [1.165, 1.54) is 0 Å². The molecule has 2 unspecified atom stereocenters. The highest BCUT2D eigenvalue weighted by molar-refractivity contribution is 5.73. The predicted octanol–water partition coefficient (Wildman–Crippen LogP) is 0.604. The standard InChI is InChI=1S/C12H24N2O2/c1-9(8-15)10(2)13-12-4-6-14(7-5-12)11(3)16/h9-10,12-13,15H,4-8H2,1-3H3. The molecule has 1 heterocycles. The highest BCUT2D eigenvalue weighted by Gasteiger charge is 2.22. The van der Waals surface area contributed by atoms with Crippen molar-refractivity contribution in [1.82, 2.24) is 10.2 Å². The van der Waals surface area contributed by atoms with Crippen LogP contribution in [0.2, 0.25) is 0 Å². The largest absolute Gasteiger partial charge is 0.396 e. The fraction of sp³-hybridized carbons (Fsp3) is 0.917. The van der Waals surface area contributed by atoms with Gasteiger partial charge in [-0.25, -0.2) is 0 Å². The highest BCUT2D eigenvalue weighted by Crippen LogP contribution is 2.12. The lowest BCUT2D eigenvalue weighted by Crippen LogP contribution is -2.48. The second kappa shape index (κ2) is 6.21. The zero-order valence-electron chi connectivity index (χ0n) is 10.6. The Labute approximate surface area is 98.0 Å². The van der Waals surface area contributed by atoms with Crippen LogP contribution in [0, 0.1) is 5.92 Å². The summed E-state index contributed by atoms with van der Waals surface area (Å²) in [7, 11) is 0. The Morgan fingerprint density at radius 2 is 2.00 bits per heavy atom. The average molecular weight is 228 g/mol. The Morgan fingerprint density at radius 1 is 1.44 bits per heavy atom. The molecule has 0 radical (unpaired) electrons. The van der Waals surface area contributed by atoms with E-state index >= 15 is 0 Å². The first-order chi connectivity index (χ1) is 7.54. The fourth-order valence-corrected chi connectivity index (χ4v) is 2.06. The van der Waals surface area contributed by atoms with Crippen molar-refractivity contribution in [3.05, 3.63) is 0 Å². The topological polar surface area (TPSA) is 52.6 Å². The van der Waals surface area contributed by atoms with Gasteiger partial charge < -0.3 is 15.3 Å². The Hall–Kier alpha value is -0.610. The van der Waals surface area contributed by atoms with Crippen molar-refractivity contribution >= 4 is 5.91 Å². The Balaban J connectivity index is 2.29. The Kier molecular flexibility index (Phi) is 5.22. The van der Waals surface area contributed by atoms with Crippen LogP contribution in [-0.2, 0) is 4.79 Å². The van der Waals surface area contributed by atoms with Crippen LogP contribution in [0.1, 0.15) is 33.6 Å². The molecule has 2 N–H and O–H groups in total. The minimum atomic E-state index is 0.176. The SMILES string of the molecule is CC(=O)N1CCC(NC(C)C(C)CO)CC1. The van der Waals surface area contributed by atoms with E-state index in [1.807, 2.05) is 11.8 Å². The van der Waals surface area contributed by atoms with Crippen LogP contribution < -0.4 is 5.32 Å². The van der Waals surface area contributed by atoms with E-state index in [4.69, 9.17) is 5.11 Å². The highest BCUT2D eigenvalue weighted by atomic mass is 16.3. The summed E-state index contributed by atoms with van der Waals surface area (Å²) in [6, 6.07) is 0.818. The zero-order valence-corrected chi connectivity index (χ0v) is 10.6. The summed E-state index contributed by atoms with van der Waals surface area (Å²) in [4.78, 5) is 13.1. The molecule has 0 aliphatic carbocycles. The van der Waals surface area contributed by atoms with Crippen LogP contribution >= 0.6 is 0 Å². The van der Waals surface area contributed by atoms with Crippen molar-refractivity contribution in [3.8, 4) is 0 Å². The summed E-state index contributed by atoms with van der Waals surface area (Å²) in [6.07, 6.45) is 2.03. The summed E-state index contributed by atoms with van der Waals surface area (Å²) in [6.45, 7) is 7.71. The minimum absolute atomic E-state index is 0.176. The normalized spacial score (nSPS) is 21.9. The number of nitrogens with one attached hydrogen (secondary N) is 1. The maximum Gasteiger partial charge on any atom is 0.219 e. The molecule has 4 heteroatoms.